The molecule has 0 fully saturated rings. The van der Waals surface area contributed by atoms with Gasteiger partial charge in [0, 0.05) is 16.5 Å². The second kappa shape index (κ2) is 8.01. The number of carbonyl (C=O) groups is 2. The second-order valence-electron chi connectivity index (χ2n) is 5.43. The lowest BCUT2D eigenvalue weighted by molar-refractivity contribution is -0.141. The van der Waals surface area contributed by atoms with Crippen molar-refractivity contribution in [3.63, 3.8) is 0 Å². The maximum atomic E-state index is 14.3. The smallest absolute Gasteiger partial charge is 0.325 e. The molecule has 0 aliphatic carbocycles. The van der Waals surface area contributed by atoms with Crippen molar-refractivity contribution in [3.05, 3.63) is 58.4 Å². The number of thiazole rings is 1. The lowest BCUT2D eigenvalue weighted by atomic mass is 10.2. The van der Waals surface area contributed by atoms with Crippen LogP contribution in [0.3, 0.4) is 0 Å². The number of carbonyl (C=O) groups excluding carboxylic acids is 2. The molecule has 0 aliphatic rings. The second-order valence-corrected chi connectivity index (χ2v) is 7.32. The maximum Gasteiger partial charge on any atom is 0.325 e. The van der Waals surface area contributed by atoms with Crippen molar-refractivity contribution in [3.8, 4) is 0 Å². The van der Waals surface area contributed by atoms with Gasteiger partial charge in [0.25, 0.3) is 5.91 Å². The van der Waals surface area contributed by atoms with Gasteiger partial charge in [0.05, 0.1) is 17.3 Å². The van der Waals surface area contributed by atoms with Crippen LogP contribution in [0.2, 0.25) is 0 Å². The van der Waals surface area contributed by atoms with Crippen LogP contribution < -0.4 is 4.80 Å². The van der Waals surface area contributed by atoms with E-state index in [1.807, 2.05) is 6.26 Å². The Hall–Kier alpha value is -2.52. The van der Waals surface area contributed by atoms with E-state index in [0.717, 1.165) is 28.4 Å². The minimum absolute atomic E-state index is 0.00363. The number of hydrogen-bond acceptors (Lipinski definition) is 5. The zero-order valence-corrected chi connectivity index (χ0v) is 16.0. The average Bonchev–Trinajstić information content (AvgIpc) is 2.98. The van der Waals surface area contributed by atoms with E-state index in [1.54, 1.807) is 24.3 Å². The number of fused-ring (bicyclic) bond motifs is 1. The van der Waals surface area contributed by atoms with Crippen molar-refractivity contribution in [2.24, 2.45) is 4.99 Å². The number of aromatic nitrogens is 1. The van der Waals surface area contributed by atoms with Gasteiger partial charge in [-0.2, -0.15) is 4.99 Å². The van der Waals surface area contributed by atoms with E-state index in [1.165, 1.54) is 23.4 Å². The van der Waals surface area contributed by atoms with E-state index in [0.29, 0.717) is 5.56 Å². The largest absolute Gasteiger partial charge is 0.468 e. The predicted octanol–water partition coefficient (Wildman–Crippen LogP) is 3.62. The van der Waals surface area contributed by atoms with E-state index in [9.17, 15) is 18.4 Å². The highest BCUT2D eigenvalue weighted by Gasteiger charge is 2.16. The van der Waals surface area contributed by atoms with Crippen molar-refractivity contribution in [1.29, 1.82) is 0 Å². The van der Waals surface area contributed by atoms with Crippen LogP contribution in [-0.4, -0.2) is 29.8 Å². The number of benzene rings is 2. The molecule has 0 saturated heterocycles. The summed E-state index contributed by atoms with van der Waals surface area (Å²) in [7, 11) is 1.20. The highest BCUT2D eigenvalue weighted by atomic mass is 32.2. The summed E-state index contributed by atoms with van der Waals surface area (Å²) in [6, 6.07) is 8.70. The van der Waals surface area contributed by atoms with Crippen LogP contribution in [0.25, 0.3) is 10.2 Å². The Bertz CT molecular complexity index is 1090. The van der Waals surface area contributed by atoms with Crippen LogP contribution in [0.5, 0.6) is 0 Å². The Kier molecular flexibility index (Phi) is 5.71. The number of hydrogen-bond donors (Lipinski definition) is 0. The van der Waals surface area contributed by atoms with E-state index >= 15 is 0 Å². The predicted molar refractivity (Wildman–Crippen MR) is 99.9 cm³/mol. The van der Waals surface area contributed by atoms with Crippen molar-refractivity contribution >= 4 is 45.2 Å². The van der Waals surface area contributed by atoms with Crippen molar-refractivity contribution in [2.45, 2.75) is 11.4 Å². The zero-order chi connectivity index (χ0) is 19.6. The normalized spacial score (nSPS) is 11.8. The Morgan fingerprint density at radius 3 is 2.56 bits per heavy atom. The van der Waals surface area contributed by atoms with Gasteiger partial charge in [0.15, 0.2) is 10.6 Å². The van der Waals surface area contributed by atoms with Crippen LogP contribution in [0.4, 0.5) is 8.78 Å². The summed E-state index contributed by atoms with van der Waals surface area (Å²) in [6.07, 6.45) is 1.92. The summed E-state index contributed by atoms with van der Waals surface area (Å²) in [6.45, 7) is -0.351. The molecular weight excluding hydrogens is 394 g/mol. The summed E-state index contributed by atoms with van der Waals surface area (Å²) in [5.74, 6) is -2.79. The lowest BCUT2D eigenvalue weighted by Gasteiger charge is -2.04. The maximum absolute atomic E-state index is 14.3. The SMILES string of the molecule is COC(=O)Cn1c(=NC(=O)c2ccc(SC)cc2)sc2cc(F)cc(F)c21. The van der Waals surface area contributed by atoms with Crippen LogP contribution in [-0.2, 0) is 16.1 Å². The monoisotopic (exact) mass is 408 g/mol. The first-order chi connectivity index (χ1) is 12.9. The third kappa shape index (κ3) is 4.09. The molecule has 1 heterocycles. The molecule has 0 bridgehead atoms. The molecule has 0 saturated carbocycles. The van der Waals surface area contributed by atoms with Crippen molar-refractivity contribution in [1.82, 2.24) is 4.57 Å². The van der Waals surface area contributed by atoms with Gasteiger partial charge in [-0.3, -0.25) is 9.59 Å². The molecule has 2 aromatic carbocycles. The van der Waals surface area contributed by atoms with Gasteiger partial charge in [-0.25, -0.2) is 8.78 Å². The van der Waals surface area contributed by atoms with Crippen LogP contribution in [0, 0.1) is 11.6 Å². The minimum atomic E-state index is -0.844. The first-order valence-corrected chi connectivity index (χ1v) is 9.75. The van der Waals surface area contributed by atoms with E-state index < -0.39 is 23.5 Å². The molecular formula is C18H14F2N2O3S2. The van der Waals surface area contributed by atoms with Gasteiger partial charge in [-0.15, -0.1) is 11.8 Å². The topological polar surface area (TPSA) is 60.7 Å². The number of amides is 1. The van der Waals surface area contributed by atoms with Crippen molar-refractivity contribution < 1.29 is 23.1 Å². The number of nitrogens with zero attached hydrogens (tertiary/aromatic N) is 2. The molecule has 5 nitrogen and oxygen atoms in total. The molecule has 27 heavy (non-hydrogen) atoms. The summed E-state index contributed by atoms with van der Waals surface area (Å²) in [5.41, 5.74) is 0.345. The molecule has 3 rings (SSSR count). The number of halogens is 2. The zero-order valence-electron chi connectivity index (χ0n) is 14.4. The van der Waals surface area contributed by atoms with E-state index in [4.69, 9.17) is 0 Å². The van der Waals surface area contributed by atoms with E-state index in [2.05, 4.69) is 9.73 Å². The first kappa shape index (κ1) is 19.2. The highest BCUT2D eigenvalue weighted by molar-refractivity contribution is 7.98. The Labute approximate surface area is 161 Å². The van der Waals surface area contributed by atoms with Crippen LogP contribution in [0.15, 0.2) is 46.3 Å². The number of rotatable bonds is 4. The van der Waals surface area contributed by atoms with Gasteiger partial charge in [-0.1, -0.05) is 11.3 Å². The highest BCUT2D eigenvalue weighted by Crippen LogP contribution is 2.22. The molecule has 0 unspecified atom stereocenters. The molecule has 3 aromatic rings. The van der Waals surface area contributed by atoms with Gasteiger partial charge >= 0.3 is 5.97 Å². The standard InChI is InChI=1S/C18H14F2N2O3S2/c1-25-15(23)9-22-16-13(20)7-11(19)8-14(16)27-18(22)21-17(24)10-3-5-12(26-2)6-4-10/h3-8H,9H2,1-2H3. The molecule has 9 heteroatoms. The summed E-state index contributed by atoms with van der Waals surface area (Å²) in [5, 5.41) is 0. The Morgan fingerprint density at radius 1 is 1.22 bits per heavy atom. The molecule has 0 N–H and O–H groups in total. The van der Waals surface area contributed by atoms with Gasteiger partial charge in [0.1, 0.15) is 12.4 Å². The quantitative estimate of drug-likeness (QED) is 0.489. The van der Waals surface area contributed by atoms with Gasteiger partial charge in [-0.05, 0) is 36.6 Å². The van der Waals surface area contributed by atoms with Crippen LogP contribution >= 0.6 is 23.1 Å². The lowest BCUT2D eigenvalue weighted by Crippen LogP contribution is -2.22. The minimum Gasteiger partial charge on any atom is -0.468 e. The molecule has 0 spiro atoms. The molecule has 1 amide bonds. The number of thioether (sulfide) groups is 1. The fourth-order valence-corrected chi connectivity index (χ4v) is 3.92. The summed E-state index contributed by atoms with van der Waals surface area (Å²) < 4.78 is 33.9. The fourth-order valence-electron chi connectivity index (χ4n) is 2.44. The summed E-state index contributed by atoms with van der Waals surface area (Å²) in [4.78, 5) is 29.3. The average molecular weight is 408 g/mol. The third-order valence-corrected chi connectivity index (χ3v) is 5.51. The molecule has 140 valence electrons. The Morgan fingerprint density at radius 2 is 1.93 bits per heavy atom. The number of methoxy groups -OCH3 is 1. The fraction of sp³-hybridized carbons (Fsp3) is 0.167. The molecule has 1 aromatic heterocycles. The Balaban J connectivity index is 2.14. The number of ether oxygens (including phenoxy) is 1. The van der Waals surface area contributed by atoms with E-state index in [-0.39, 0.29) is 21.6 Å². The van der Waals surface area contributed by atoms with Crippen molar-refractivity contribution in [2.75, 3.05) is 13.4 Å². The molecule has 0 atom stereocenters. The van der Waals surface area contributed by atoms with Crippen LogP contribution in [0.1, 0.15) is 10.4 Å². The first-order valence-electron chi connectivity index (χ1n) is 7.71. The number of esters is 1. The molecule has 0 aliphatic heterocycles. The van der Waals surface area contributed by atoms with Gasteiger partial charge in [0.2, 0.25) is 0 Å². The summed E-state index contributed by atoms with van der Waals surface area (Å²) >= 11 is 2.46. The van der Waals surface area contributed by atoms with Gasteiger partial charge < -0.3 is 9.30 Å². The molecule has 0 radical (unpaired) electrons. The third-order valence-electron chi connectivity index (χ3n) is 3.74.